The van der Waals surface area contributed by atoms with Crippen LogP contribution in [0.5, 0.6) is 5.75 Å². The number of hydrogen-bond acceptors (Lipinski definition) is 4. The van der Waals surface area contributed by atoms with Crippen molar-refractivity contribution in [3.8, 4) is 5.75 Å². The van der Waals surface area contributed by atoms with Crippen LogP contribution in [0.4, 0.5) is 4.39 Å². The summed E-state index contributed by atoms with van der Waals surface area (Å²) < 4.78 is 19.2. The van der Waals surface area contributed by atoms with Crippen molar-refractivity contribution in [2.24, 2.45) is 0 Å². The highest BCUT2D eigenvalue weighted by molar-refractivity contribution is 5.87. The van der Waals surface area contributed by atoms with Crippen LogP contribution in [0.15, 0.2) is 60.7 Å². The zero-order valence-corrected chi connectivity index (χ0v) is 16.0. The van der Waals surface area contributed by atoms with Gasteiger partial charge in [0.1, 0.15) is 18.2 Å². The molecule has 3 rings (SSSR count). The molecule has 0 aliphatic carbocycles. The number of benzene rings is 3. The van der Waals surface area contributed by atoms with E-state index in [-0.39, 0.29) is 12.4 Å². The molecule has 0 fully saturated rings. The zero-order valence-electron chi connectivity index (χ0n) is 16.0. The maximum atomic E-state index is 13.1. The van der Waals surface area contributed by atoms with Crippen molar-refractivity contribution in [3.05, 3.63) is 77.6 Å². The summed E-state index contributed by atoms with van der Waals surface area (Å²) in [6, 6.07) is 18.7. The van der Waals surface area contributed by atoms with E-state index in [1.807, 2.05) is 18.2 Å². The van der Waals surface area contributed by atoms with Crippen LogP contribution in [0.1, 0.15) is 17.5 Å². The molecule has 5 heteroatoms. The standard InChI is InChI=1S/C23H27FN2O2/c24-20-9-6-18(7-10-20)17-28-23-11-8-19-4-1-2-5-21(19)22(23)16-26-13-3-12-25-14-15-27/h1-2,4-11,25-27H,3,12-17H2. The zero-order chi connectivity index (χ0) is 19.6. The molecule has 0 saturated heterocycles. The van der Waals surface area contributed by atoms with Crippen molar-refractivity contribution in [3.63, 3.8) is 0 Å². The lowest BCUT2D eigenvalue weighted by Crippen LogP contribution is -2.24. The number of rotatable bonds is 11. The molecule has 0 aliphatic heterocycles. The molecule has 3 N–H and O–H groups in total. The van der Waals surface area contributed by atoms with Crippen LogP contribution >= 0.6 is 0 Å². The molecule has 0 amide bonds. The maximum absolute atomic E-state index is 13.1. The first-order valence-corrected chi connectivity index (χ1v) is 9.68. The first-order valence-electron chi connectivity index (χ1n) is 9.68. The summed E-state index contributed by atoms with van der Waals surface area (Å²) in [6.07, 6.45) is 0.983. The van der Waals surface area contributed by atoms with Crippen molar-refractivity contribution in [1.82, 2.24) is 10.6 Å². The molecule has 0 aliphatic rings. The lowest BCUT2D eigenvalue weighted by Gasteiger charge is -2.15. The average Bonchev–Trinajstić information content (AvgIpc) is 2.73. The van der Waals surface area contributed by atoms with Crippen LogP contribution < -0.4 is 15.4 Å². The van der Waals surface area contributed by atoms with Crippen molar-refractivity contribution in [2.75, 3.05) is 26.2 Å². The van der Waals surface area contributed by atoms with E-state index in [2.05, 4.69) is 28.8 Å². The van der Waals surface area contributed by atoms with Gasteiger partial charge in [-0.25, -0.2) is 4.39 Å². The van der Waals surface area contributed by atoms with Crippen LogP contribution in [0.3, 0.4) is 0 Å². The van der Waals surface area contributed by atoms with Gasteiger partial charge in [-0.2, -0.15) is 0 Å². The Morgan fingerprint density at radius 2 is 1.64 bits per heavy atom. The van der Waals surface area contributed by atoms with Gasteiger partial charge in [-0.15, -0.1) is 0 Å². The fraction of sp³-hybridized carbons (Fsp3) is 0.304. The molecule has 0 unspecified atom stereocenters. The number of ether oxygens (including phenoxy) is 1. The predicted molar refractivity (Wildman–Crippen MR) is 111 cm³/mol. The van der Waals surface area contributed by atoms with E-state index in [0.717, 1.165) is 36.4 Å². The molecular formula is C23H27FN2O2. The van der Waals surface area contributed by atoms with Crippen molar-refractivity contribution in [2.45, 2.75) is 19.6 Å². The Hall–Kier alpha value is -2.47. The number of aliphatic hydroxyl groups excluding tert-OH is 1. The number of nitrogens with one attached hydrogen (secondary N) is 2. The van der Waals surface area contributed by atoms with E-state index in [1.165, 1.54) is 22.9 Å². The third-order valence-corrected chi connectivity index (χ3v) is 4.60. The van der Waals surface area contributed by atoms with Gasteiger partial charge in [0, 0.05) is 18.7 Å². The fourth-order valence-electron chi connectivity index (χ4n) is 3.13. The van der Waals surface area contributed by atoms with Gasteiger partial charge in [-0.1, -0.05) is 42.5 Å². The highest BCUT2D eigenvalue weighted by atomic mass is 19.1. The van der Waals surface area contributed by atoms with Crippen LogP contribution in [0.2, 0.25) is 0 Å². The van der Waals surface area contributed by atoms with Crippen molar-refractivity contribution >= 4 is 10.8 Å². The molecule has 0 saturated carbocycles. The number of fused-ring (bicyclic) bond motifs is 1. The van der Waals surface area contributed by atoms with Gasteiger partial charge in [0.15, 0.2) is 0 Å². The summed E-state index contributed by atoms with van der Waals surface area (Å²) in [5.74, 6) is 0.599. The molecular weight excluding hydrogens is 355 g/mol. The van der Waals surface area contributed by atoms with Crippen molar-refractivity contribution < 1.29 is 14.2 Å². The number of halogens is 1. The highest BCUT2D eigenvalue weighted by Gasteiger charge is 2.09. The lowest BCUT2D eigenvalue weighted by molar-refractivity contribution is 0.292. The molecule has 148 valence electrons. The highest BCUT2D eigenvalue weighted by Crippen LogP contribution is 2.28. The minimum absolute atomic E-state index is 0.165. The Bertz CT molecular complexity index is 868. The van der Waals surface area contributed by atoms with Crippen molar-refractivity contribution in [1.29, 1.82) is 0 Å². The Kier molecular flexibility index (Phi) is 7.79. The molecule has 3 aromatic carbocycles. The smallest absolute Gasteiger partial charge is 0.124 e. The van der Waals surface area contributed by atoms with E-state index < -0.39 is 0 Å². The average molecular weight is 382 g/mol. The first kappa shape index (κ1) is 20.3. The van der Waals surface area contributed by atoms with Gasteiger partial charge in [0.25, 0.3) is 0 Å². The molecule has 0 bridgehead atoms. The second kappa shape index (κ2) is 10.8. The normalized spacial score (nSPS) is 11.1. The topological polar surface area (TPSA) is 53.5 Å². The molecule has 0 aromatic heterocycles. The molecule has 0 atom stereocenters. The van der Waals surface area contributed by atoms with Gasteiger partial charge in [-0.3, -0.25) is 0 Å². The van der Waals surface area contributed by atoms with Crippen LogP contribution in [-0.2, 0) is 13.2 Å². The summed E-state index contributed by atoms with van der Waals surface area (Å²) >= 11 is 0. The molecule has 28 heavy (non-hydrogen) atoms. The predicted octanol–water partition coefficient (Wildman–Crippen LogP) is 3.62. The van der Waals surface area contributed by atoms with Gasteiger partial charge < -0.3 is 20.5 Å². The Morgan fingerprint density at radius 3 is 2.46 bits per heavy atom. The van der Waals surface area contributed by atoms with Gasteiger partial charge >= 0.3 is 0 Å². The van der Waals surface area contributed by atoms with Gasteiger partial charge in [0.05, 0.1) is 6.61 Å². The summed E-state index contributed by atoms with van der Waals surface area (Å²) in [6.45, 7) is 3.65. The minimum atomic E-state index is -0.243. The van der Waals surface area contributed by atoms with E-state index in [4.69, 9.17) is 9.84 Å². The molecule has 0 radical (unpaired) electrons. The van der Waals surface area contributed by atoms with Gasteiger partial charge in [0.2, 0.25) is 0 Å². The maximum Gasteiger partial charge on any atom is 0.124 e. The van der Waals surface area contributed by atoms with E-state index in [1.54, 1.807) is 12.1 Å². The molecule has 0 spiro atoms. The largest absolute Gasteiger partial charge is 0.489 e. The van der Waals surface area contributed by atoms with Crippen LogP contribution in [0.25, 0.3) is 10.8 Å². The summed E-state index contributed by atoms with van der Waals surface area (Å²) in [5, 5.41) is 17.8. The Labute approximate surface area is 165 Å². The first-order chi connectivity index (χ1) is 13.8. The minimum Gasteiger partial charge on any atom is -0.489 e. The van der Waals surface area contributed by atoms with E-state index in [0.29, 0.717) is 19.7 Å². The molecule has 3 aromatic rings. The second-order valence-electron chi connectivity index (χ2n) is 6.68. The quantitative estimate of drug-likeness (QED) is 0.444. The third kappa shape index (κ3) is 5.76. The Morgan fingerprint density at radius 1 is 0.857 bits per heavy atom. The Balaban J connectivity index is 1.66. The van der Waals surface area contributed by atoms with Crippen LogP contribution in [-0.4, -0.2) is 31.3 Å². The summed E-state index contributed by atoms with van der Waals surface area (Å²) in [7, 11) is 0. The SMILES string of the molecule is OCCNCCCNCc1c(OCc2ccc(F)cc2)ccc2ccccc12. The van der Waals surface area contributed by atoms with Crippen LogP contribution in [0, 0.1) is 5.82 Å². The summed E-state index contributed by atoms with van der Waals surface area (Å²) in [5.41, 5.74) is 2.06. The fourth-order valence-corrected chi connectivity index (χ4v) is 3.13. The lowest BCUT2D eigenvalue weighted by atomic mass is 10.0. The van der Waals surface area contributed by atoms with E-state index in [9.17, 15) is 4.39 Å². The monoisotopic (exact) mass is 382 g/mol. The molecule has 4 nitrogen and oxygen atoms in total. The van der Waals surface area contributed by atoms with E-state index >= 15 is 0 Å². The molecule has 0 heterocycles. The number of aliphatic hydroxyl groups is 1. The second-order valence-corrected chi connectivity index (χ2v) is 6.68. The summed E-state index contributed by atoms with van der Waals surface area (Å²) in [4.78, 5) is 0. The van der Waals surface area contributed by atoms with Gasteiger partial charge in [-0.05, 0) is 54.0 Å². The number of hydrogen-bond donors (Lipinski definition) is 3. The third-order valence-electron chi connectivity index (χ3n) is 4.60.